The van der Waals surface area contributed by atoms with Crippen molar-refractivity contribution in [2.24, 2.45) is 0 Å². The fourth-order valence-corrected chi connectivity index (χ4v) is 2.82. The van der Waals surface area contributed by atoms with Gasteiger partial charge < -0.3 is 14.6 Å². The summed E-state index contributed by atoms with van der Waals surface area (Å²) in [6.45, 7) is 8.06. The molecule has 1 N–H and O–H groups in total. The first-order valence-electron chi connectivity index (χ1n) is 7.17. The van der Waals surface area contributed by atoms with E-state index < -0.39 is 0 Å². The van der Waals surface area contributed by atoms with Crippen LogP contribution in [0.5, 0.6) is 5.75 Å². The van der Waals surface area contributed by atoms with E-state index in [-0.39, 0.29) is 11.2 Å². The molecule has 122 valence electrons. The number of nitrogens with zero attached hydrogens (tertiary/aromatic N) is 3. The van der Waals surface area contributed by atoms with Crippen molar-refractivity contribution in [1.29, 1.82) is 0 Å². The third-order valence-electron chi connectivity index (χ3n) is 3.22. The minimum absolute atomic E-state index is 0.0917. The monoisotopic (exact) mass is 332 g/mol. The Morgan fingerprint density at radius 1 is 1.43 bits per heavy atom. The Kier molecular flexibility index (Phi) is 5.81. The van der Waals surface area contributed by atoms with E-state index in [9.17, 15) is 4.79 Å². The number of allylic oxidation sites excluding steroid dienone is 1. The van der Waals surface area contributed by atoms with Crippen LogP contribution in [-0.4, -0.2) is 33.0 Å². The summed E-state index contributed by atoms with van der Waals surface area (Å²) < 4.78 is 7.02. The summed E-state index contributed by atoms with van der Waals surface area (Å²) in [5.41, 5.74) is 0.729. The molecule has 7 heteroatoms. The second kappa shape index (κ2) is 7.82. The number of anilines is 1. The average molecular weight is 332 g/mol. The zero-order chi connectivity index (χ0) is 16.8. The van der Waals surface area contributed by atoms with Crippen molar-refractivity contribution in [3.8, 4) is 5.75 Å². The molecule has 0 aliphatic rings. The van der Waals surface area contributed by atoms with Crippen LogP contribution in [-0.2, 0) is 11.3 Å². The van der Waals surface area contributed by atoms with E-state index in [0.717, 1.165) is 17.3 Å². The summed E-state index contributed by atoms with van der Waals surface area (Å²) in [4.78, 5) is 12.3. The maximum Gasteiger partial charge on any atom is 0.237 e. The summed E-state index contributed by atoms with van der Waals surface area (Å²) in [5.74, 6) is 1.46. The van der Waals surface area contributed by atoms with Crippen LogP contribution >= 0.6 is 11.8 Å². The summed E-state index contributed by atoms with van der Waals surface area (Å²) in [5, 5.41) is 11.5. The predicted octanol–water partition coefficient (Wildman–Crippen LogP) is 2.90. The number of rotatable bonds is 7. The lowest BCUT2D eigenvalue weighted by Gasteiger charge is -2.12. The van der Waals surface area contributed by atoms with Crippen molar-refractivity contribution >= 4 is 23.4 Å². The van der Waals surface area contributed by atoms with Crippen molar-refractivity contribution in [3.05, 3.63) is 42.7 Å². The molecule has 6 nitrogen and oxygen atoms in total. The fourth-order valence-electron chi connectivity index (χ4n) is 1.92. The molecule has 0 aliphatic heterocycles. The first-order valence-corrected chi connectivity index (χ1v) is 8.05. The molecule has 2 rings (SSSR count). The highest BCUT2D eigenvalue weighted by molar-refractivity contribution is 8.00. The summed E-state index contributed by atoms with van der Waals surface area (Å²) >= 11 is 1.37. The number of methoxy groups -OCH3 is 1. The standard InChI is InChI=1S/C16H20N4O2S/c1-5-10-20-12(3)18-19-16(20)23-11(2)15(21)17-13-6-8-14(22-4)9-7-13/h5-9,11H,1,10H2,2-4H3,(H,17,21). The zero-order valence-electron chi connectivity index (χ0n) is 13.4. The van der Waals surface area contributed by atoms with Gasteiger partial charge in [-0.25, -0.2) is 0 Å². The number of benzene rings is 1. The van der Waals surface area contributed by atoms with E-state index in [1.807, 2.05) is 18.4 Å². The molecule has 0 saturated carbocycles. The molecule has 1 aromatic heterocycles. The maximum absolute atomic E-state index is 12.3. The molecular weight excluding hydrogens is 312 g/mol. The van der Waals surface area contributed by atoms with E-state index in [1.54, 1.807) is 37.5 Å². The Morgan fingerprint density at radius 2 is 2.13 bits per heavy atom. The molecule has 1 heterocycles. The molecule has 23 heavy (non-hydrogen) atoms. The Labute approximate surface area is 139 Å². The molecule has 0 bridgehead atoms. The third-order valence-corrected chi connectivity index (χ3v) is 4.30. The number of hydrogen-bond donors (Lipinski definition) is 1. The quantitative estimate of drug-likeness (QED) is 0.624. The molecular formula is C16H20N4O2S. The summed E-state index contributed by atoms with van der Waals surface area (Å²) in [6.07, 6.45) is 1.78. The highest BCUT2D eigenvalue weighted by atomic mass is 32.2. The fraction of sp³-hybridized carbons (Fsp3) is 0.312. The lowest BCUT2D eigenvalue weighted by molar-refractivity contribution is -0.115. The Hall–Kier alpha value is -2.28. The number of nitrogens with one attached hydrogen (secondary N) is 1. The summed E-state index contributed by atoms with van der Waals surface area (Å²) in [6, 6.07) is 7.21. The van der Waals surface area contributed by atoms with Crippen LogP contribution in [0.2, 0.25) is 0 Å². The minimum atomic E-state index is -0.302. The van der Waals surface area contributed by atoms with Crippen molar-refractivity contribution in [3.63, 3.8) is 0 Å². The molecule has 1 amide bonds. The van der Waals surface area contributed by atoms with E-state index in [1.165, 1.54) is 11.8 Å². The normalized spacial score (nSPS) is 11.8. The number of aryl methyl sites for hydroxylation is 1. The van der Waals surface area contributed by atoms with Crippen LogP contribution in [0.1, 0.15) is 12.7 Å². The number of aromatic nitrogens is 3. The van der Waals surface area contributed by atoms with Crippen molar-refractivity contribution < 1.29 is 9.53 Å². The smallest absolute Gasteiger partial charge is 0.237 e. The van der Waals surface area contributed by atoms with E-state index in [0.29, 0.717) is 11.7 Å². The highest BCUT2D eigenvalue weighted by Crippen LogP contribution is 2.24. The number of amides is 1. The van der Waals surface area contributed by atoms with Gasteiger partial charge in [-0.05, 0) is 38.1 Å². The molecule has 1 atom stereocenters. The van der Waals surface area contributed by atoms with E-state index in [4.69, 9.17) is 4.74 Å². The van der Waals surface area contributed by atoms with Crippen molar-refractivity contribution in [2.75, 3.05) is 12.4 Å². The zero-order valence-corrected chi connectivity index (χ0v) is 14.3. The molecule has 2 aromatic rings. The SMILES string of the molecule is C=CCn1c(C)nnc1SC(C)C(=O)Nc1ccc(OC)cc1. The number of carbonyl (C=O) groups is 1. The number of thioether (sulfide) groups is 1. The second-order valence-corrected chi connectivity index (χ2v) is 6.21. The van der Waals surface area contributed by atoms with Gasteiger partial charge in [0.05, 0.1) is 12.4 Å². The summed E-state index contributed by atoms with van der Waals surface area (Å²) in [7, 11) is 1.60. The molecule has 0 spiro atoms. The molecule has 1 aromatic carbocycles. The van der Waals surface area contributed by atoms with Gasteiger partial charge in [0.2, 0.25) is 5.91 Å². The van der Waals surface area contributed by atoms with Gasteiger partial charge in [0.1, 0.15) is 11.6 Å². The van der Waals surface area contributed by atoms with Crippen LogP contribution in [0.25, 0.3) is 0 Å². The second-order valence-electron chi connectivity index (χ2n) is 4.91. The van der Waals surface area contributed by atoms with Gasteiger partial charge >= 0.3 is 0 Å². The van der Waals surface area contributed by atoms with E-state index in [2.05, 4.69) is 22.1 Å². The van der Waals surface area contributed by atoms with Crippen LogP contribution in [0.15, 0.2) is 42.1 Å². The van der Waals surface area contributed by atoms with E-state index >= 15 is 0 Å². The van der Waals surface area contributed by atoms with Gasteiger partial charge in [0.25, 0.3) is 0 Å². The number of carbonyl (C=O) groups excluding carboxylic acids is 1. The third kappa shape index (κ3) is 4.35. The molecule has 0 aliphatic carbocycles. The van der Waals surface area contributed by atoms with Gasteiger partial charge in [-0.1, -0.05) is 17.8 Å². The number of hydrogen-bond acceptors (Lipinski definition) is 5. The van der Waals surface area contributed by atoms with Gasteiger partial charge in [0, 0.05) is 12.2 Å². The number of ether oxygens (including phenoxy) is 1. The van der Waals surface area contributed by atoms with Crippen LogP contribution in [0.4, 0.5) is 5.69 Å². The minimum Gasteiger partial charge on any atom is -0.497 e. The van der Waals surface area contributed by atoms with Gasteiger partial charge in [0.15, 0.2) is 5.16 Å². The largest absolute Gasteiger partial charge is 0.497 e. The molecule has 0 radical (unpaired) electrons. The first-order chi connectivity index (χ1) is 11.0. The van der Waals surface area contributed by atoms with Gasteiger partial charge in [-0.15, -0.1) is 16.8 Å². The Balaban J connectivity index is 2.00. The maximum atomic E-state index is 12.3. The van der Waals surface area contributed by atoms with Crippen molar-refractivity contribution in [2.45, 2.75) is 30.8 Å². The van der Waals surface area contributed by atoms with Crippen LogP contribution < -0.4 is 10.1 Å². The van der Waals surface area contributed by atoms with Crippen molar-refractivity contribution in [1.82, 2.24) is 14.8 Å². The Bertz CT molecular complexity index is 682. The Morgan fingerprint density at radius 3 is 2.74 bits per heavy atom. The van der Waals surface area contributed by atoms with Gasteiger partial charge in [-0.3, -0.25) is 4.79 Å². The van der Waals surface area contributed by atoms with Crippen LogP contribution in [0.3, 0.4) is 0 Å². The molecule has 0 saturated heterocycles. The molecule has 0 fully saturated rings. The average Bonchev–Trinajstić information content (AvgIpc) is 2.89. The lowest BCUT2D eigenvalue weighted by atomic mass is 10.3. The van der Waals surface area contributed by atoms with Crippen LogP contribution in [0, 0.1) is 6.92 Å². The highest BCUT2D eigenvalue weighted by Gasteiger charge is 2.19. The first kappa shape index (κ1) is 17.1. The molecule has 1 unspecified atom stereocenters. The predicted molar refractivity (Wildman–Crippen MR) is 91.9 cm³/mol. The lowest BCUT2D eigenvalue weighted by Crippen LogP contribution is -2.23. The topological polar surface area (TPSA) is 69.0 Å². The van der Waals surface area contributed by atoms with Gasteiger partial charge in [-0.2, -0.15) is 0 Å².